The average molecular weight is 108 g/mol. The summed E-state index contributed by atoms with van der Waals surface area (Å²) >= 11 is 0. The van der Waals surface area contributed by atoms with Gasteiger partial charge in [-0.2, -0.15) is 0 Å². The van der Waals surface area contributed by atoms with E-state index in [0.29, 0.717) is 11.4 Å². The first-order valence-corrected chi connectivity index (χ1v) is 2.17. The second-order valence-corrected chi connectivity index (χ2v) is 1.44. The van der Waals surface area contributed by atoms with Crippen molar-refractivity contribution in [1.29, 1.82) is 0 Å². The maximum Gasteiger partial charge on any atom is 0.0602 e. The molecule has 4 N–H and O–H groups in total. The number of hydrogen-bond acceptors (Lipinski definition) is 3. The van der Waals surface area contributed by atoms with Crippen LogP contribution >= 0.6 is 0 Å². The van der Waals surface area contributed by atoms with Gasteiger partial charge in [0.2, 0.25) is 0 Å². The second-order valence-electron chi connectivity index (χ2n) is 1.44. The van der Waals surface area contributed by atoms with E-state index in [0.717, 1.165) is 0 Å². The van der Waals surface area contributed by atoms with E-state index in [1.807, 2.05) is 0 Å². The van der Waals surface area contributed by atoms with Crippen LogP contribution in [0.4, 0.5) is 11.4 Å². The predicted molar refractivity (Wildman–Crippen MR) is 31.9 cm³/mol. The van der Waals surface area contributed by atoms with Crippen LogP contribution in [0.15, 0.2) is 12.4 Å². The number of anilines is 2. The standard InChI is InChI=1S/C5H6N3/c6-4-1-5(7)3-8-2-4/h2-3H,6-7H2. The van der Waals surface area contributed by atoms with Gasteiger partial charge in [-0.1, -0.05) is 0 Å². The second kappa shape index (κ2) is 1.69. The van der Waals surface area contributed by atoms with Crippen molar-refractivity contribution in [1.82, 2.24) is 4.98 Å². The lowest BCUT2D eigenvalue weighted by Crippen LogP contribution is -1.90. The molecule has 8 heavy (non-hydrogen) atoms. The molecule has 0 saturated heterocycles. The summed E-state index contributed by atoms with van der Waals surface area (Å²) in [5, 5.41) is 0. The summed E-state index contributed by atoms with van der Waals surface area (Å²) in [5.74, 6) is 0. The lowest BCUT2D eigenvalue weighted by Gasteiger charge is -1.89. The molecule has 1 radical (unpaired) electrons. The summed E-state index contributed by atoms with van der Waals surface area (Å²) in [5.41, 5.74) is 11.5. The number of nitrogens with two attached hydrogens (primary N) is 2. The molecule has 0 spiro atoms. The van der Waals surface area contributed by atoms with Crippen LogP contribution in [0.2, 0.25) is 0 Å². The van der Waals surface area contributed by atoms with Crippen LogP contribution in [0.3, 0.4) is 0 Å². The molecule has 0 aliphatic rings. The Kier molecular flexibility index (Phi) is 1.04. The number of nitrogen functional groups attached to an aromatic ring is 2. The highest BCUT2D eigenvalue weighted by Crippen LogP contribution is 2.01. The number of pyridine rings is 1. The van der Waals surface area contributed by atoms with E-state index in [1.165, 1.54) is 12.4 Å². The Labute approximate surface area is 47.3 Å². The minimum Gasteiger partial charge on any atom is -0.397 e. The number of aromatic nitrogens is 1. The number of hydrogen-bond donors (Lipinski definition) is 2. The molecule has 3 nitrogen and oxygen atoms in total. The van der Waals surface area contributed by atoms with Gasteiger partial charge >= 0.3 is 0 Å². The highest BCUT2D eigenvalue weighted by Gasteiger charge is 1.84. The van der Waals surface area contributed by atoms with E-state index in [1.54, 1.807) is 0 Å². The van der Waals surface area contributed by atoms with E-state index < -0.39 is 0 Å². The Morgan fingerprint density at radius 1 is 1.25 bits per heavy atom. The van der Waals surface area contributed by atoms with E-state index >= 15 is 0 Å². The molecule has 1 aromatic heterocycles. The Hall–Kier alpha value is -1.25. The van der Waals surface area contributed by atoms with Crippen molar-refractivity contribution in [3.05, 3.63) is 18.5 Å². The largest absolute Gasteiger partial charge is 0.397 e. The average Bonchev–Trinajstić information content (AvgIpc) is 1.64. The predicted octanol–water partition coefficient (Wildman–Crippen LogP) is 0.0462. The maximum absolute atomic E-state index is 5.26. The third kappa shape index (κ3) is 0.872. The van der Waals surface area contributed by atoms with Gasteiger partial charge in [0, 0.05) is 6.07 Å². The Bertz CT molecular complexity index is 168. The lowest BCUT2D eigenvalue weighted by atomic mass is 10.4. The van der Waals surface area contributed by atoms with Crippen molar-refractivity contribution in [3.8, 4) is 0 Å². The van der Waals surface area contributed by atoms with Crippen LogP contribution < -0.4 is 11.5 Å². The van der Waals surface area contributed by atoms with Crippen molar-refractivity contribution >= 4 is 11.4 Å². The molecule has 41 valence electrons. The number of rotatable bonds is 0. The third-order valence-corrected chi connectivity index (χ3v) is 0.716. The molecular formula is C5H6N3. The molecule has 0 aromatic carbocycles. The molecule has 0 bridgehead atoms. The van der Waals surface area contributed by atoms with Crippen LogP contribution in [0.1, 0.15) is 0 Å². The zero-order chi connectivity index (χ0) is 5.98. The quantitative estimate of drug-likeness (QED) is 0.493. The monoisotopic (exact) mass is 108 g/mol. The minimum atomic E-state index is 0.477. The van der Waals surface area contributed by atoms with E-state index in [-0.39, 0.29) is 0 Å². The Morgan fingerprint density at radius 2 is 1.75 bits per heavy atom. The van der Waals surface area contributed by atoms with E-state index in [9.17, 15) is 0 Å². The molecule has 0 aliphatic heterocycles. The van der Waals surface area contributed by atoms with Gasteiger partial charge in [-0.05, 0) is 0 Å². The summed E-state index contributed by atoms with van der Waals surface area (Å²) in [4.78, 5) is 3.70. The molecule has 0 aliphatic carbocycles. The van der Waals surface area contributed by atoms with Crippen LogP contribution in [-0.4, -0.2) is 4.98 Å². The van der Waals surface area contributed by atoms with Crippen molar-refractivity contribution in [3.63, 3.8) is 0 Å². The normalized spacial score (nSPS) is 9.00. The molecule has 1 rings (SSSR count). The molecule has 1 heterocycles. The highest BCUT2D eigenvalue weighted by molar-refractivity contribution is 5.45. The van der Waals surface area contributed by atoms with E-state index in [2.05, 4.69) is 11.1 Å². The van der Waals surface area contributed by atoms with Crippen molar-refractivity contribution in [2.45, 2.75) is 0 Å². The molecule has 3 heteroatoms. The topological polar surface area (TPSA) is 64.9 Å². The molecule has 0 amide bonds. The zero-order valence-corrected chi connectivity index (χ0v) is 4.26. The SMILES string of the molecule is Nc1[c]c(N)cnc1. The molecular weight excluding hydrogens is 102 g/mol. The highest BCUT2D eigenvalue weighted by atomic mass is 14.7. The molecule has 1 aromatic rings. The summed E-state index contributed by atoms with van der Waals surface area (Å²) in [6, 6.07) is 2.66. The molecule has 0 saturated carbocycles. The van der Waals surface area contributed by atoms with Crippen molar-refractivity contribution in [2.75, 3.05) is 11.5 Å². The van der Waals surface area contributed by atoms with Crippen LogP contribution in [0.25, 0.3) is 0 Å². The molecule has 0 unspecified atom stereocenters. The minimum absolute atomic E-state index is 0.477. The van der Waals surface area contributed by atoms with Gasteiger partial charge in [0.15, 0.2) is 0 Å². The van der Waals surface area contributed by atoms with E-state index in [4.69, 9.17) is 11.5 Å². The lowest BCUT2D eigenvalue weighted by molar-refractivity contribution is 1.33. The fourth-order valence-electron chi connectivity index (χ4n) is 0.429. The van der Waals surface area contributed by atoms with Crippen molar-refractivity contribution < 1.29 is 0 Å². The number of nitrogens with zero attached hydrogens (tertiary/aromatic N) is 1. The first-order chi connectivity index (χ1) is 3.79. The smallest absolute Gasteiger partial charge is 0.0602 e. The Morgan fingerprint density at radius 3 is 2.00 bits per heavy atom. The first kappa shape index (κ1) is 4.90. The van der Waals surface area contributed by atoms with Crippen LogP contribution in [0, 0.1) is 6.07 Å². The van der Waals surface area contributed by atoms with Gasteiger partial charge in [0.25, 0.3) is 0 Å². The van der Waals surface area contributed by atoms with Gasteiger partial charge < -0.3 is 11.5 Å². The summed E-state index contributed by atoms with van der Waals surface area (Å²) in [6.45, 7) is 0. The summed E-state index contributed by atoms with van der Waals surface area (Å²) < 4.78 is 0. The van der Waals surface area contributed by atoms with Gasteiger partial charge in [-0.15, -0.1) is 0 Å². The molecule has 0 atom stereocenters. The fraction of sp³-hybridized carbons (Fsp3) is 0. The van der Waals surface area contributed by atoms with Crippen LogP contribution in [-0.2, 0) is 0 Å². The van der Waals surface area contributed by atoms with Gasteiger partial charge in [-0.25, -0.2) is 0 Å². The Balaban J connectivity index is 3.08. The third-order valence-electron chi connectivity index (χ3n) is 0.716. The summed E-state index contributed by atoms with van der Waals surface area (Å²) in [6.07, 6.45) is 2.99. The van der Waals surface area contributed by atoms with Gasteiger partial charge in [-0.3, -0.25) is 4.98 Å². The zero-order valence-electron chi connectivity index (χ0n) is 4.26. The van der Waals surface area contributed by atoms with Crippen LogP contribution in [0.5, 0.6) is 0 Å². The summed E-state index contributed by atoms with van der Waals surface area (Å²) in [7, 11) is 0. The maximum atomic E-state index is 5.26. The van der Waals surface area contributed by atoms with Gasteiger partial charge in [0.05, 0.1) is 23.8 Å². The van der Waals surface area contributed by atoms with Gasteiger partial charge in [0.1, 0.15) is 0 Å². The van der Waals surface area contributed by atoms with Crippen molar-refractivity contribution in [2.24, 2.45) is 0 Å². The fourth-order valence-corrected chi connectivity index (χ4v) is 0.429. The molecule has 0 fully saturated rings. The first-order valence-electron chi connectivity index (χ1n) is 2.17.